The molecule has 0 spiro atoms. The molecule has 0 fully saturated rings. The van der Waals surface area contributed by atoms with Gasteiger partial charge in [0, 0.05) is 11.9 Å². The van der Waals surface area contributed by atoms with E-state index >= 15 is 0 Å². The van der Waals surface area contributed by atoms with Crippen LogP contribution in [0.25, 0.3) is 0 Å². The van der Waals surface area contributed by atoms with Gasteiger partial charge in [0.2, 0.25) is 0 Å². The van der Waals surface area contributed by atoms with Gasteiger partial charge in [0.05, 0.1) is 11.3 Å². The number of benzene rings is 1. The van der Waals surface area contributed by atoms with Crippen LogP contribution in [0.1, 0.15) is 5.56 Å². The van der Waals surface area contributed by atoms with Crippen LogP contribution in [-0.4, -0.2) is 24.6 Å². The van der Waals surface area contributed by atoms with Crippen molar-refractivity contribution in [3.05, 3.63) is 29.6 Å². The minimum absolute atomic E-state index is 0.115. The topological polar surface area (TPSA) is 3.24 Å². The SMILES string of the molecule is Fc1cc(C(F)(F)F)ccc1N(CCBr)CC(F)(F)F. The summed E-state index contributed by atoms with van der Waals surface area (Å²) < 4.78 is 87.7. The first-order chi connectivity index (χ1) is 9.04. The van der Waals surface area contributed by atoms with E-state index in [2.05, 4.69) is 15.9 Å². The smallest absolute Gasteiger partial charge is 0.359 e. The van der Waals surface area contributed by atoms with Gasteiger partial charge in [-0.15, -0.1) is 0 Å². The maximum atomic E-state index is 13.6. The van der Waals surface area contributed by atoms with Gasteiger partial charge in [0.15, 0.2) is 0 Å². The van der Waals surface area contributed by atoms with Crippen LogP contribution in [0.2, 0.25) is 0 Å². The molecule has 1 nitrogen and oxygen atoms in total. The van der Waals surface area contributed by atoms with Crippen LogP contribution in [0.5, 0.6) is 0 Å². The summed E-state index contributed by atoms with van der Waals surface area (Å²) in [4.78, 5) is 0.629. The van der Waals surface area contributed by atoms with E-state index in [4.69, 9.17) is 0 Å². The predicted molar refractivity (Wildman–Crippen MR) is 63.5 cm³/mol. The zero-order valence-electron chi connectivity index (χ0n) is 9.82. The van der Waals surface area contributed by atoms with Crippen LogP contribution in [-0.2, 0) is 6.18 Å². The summed E-state index contributed by atoms with van der Waals surface area (Å²) >= 11 is 2.91. The molecule has 1 rings (SSSR count). The Bertz CT molecular complexity index is 455. The lowest BCUT2D eigenvalue weighted by atomic mass is 10.1. The van der Waals surface area contributed by atoms with Gasteiger partial charge in [-0.3, -0.25) is 0 Å². The summed E-state index contributed by atoms with van der Waals surface area (Å²) in [5, 5.41) is 0.115. The largest absolute Gasteiger partial charge is 0.416 e. The molecule has 0 aliphatic heterocycles. The van der Waals surface area contributed by atoms with Crippen molar-refractivity contribution in [2.24, 2.45) is 0 Å². The monoisotopic (exact) mass is 367 g/mol. The average Bonchev–Trinajstić information content (AvgIpc) is 2.25. The van der Waals surface area contributed by atoms with Gasteiger partial charge in [-0.25, -0.2) is 4.39 Å². The Morgan fingerprint density at radius 3 is 2.05 bits per heavy atom. The molecule has 0 unspecified atom stereocenters. The van der Waals surface area contributed by atoms with E-state index in [0.717, 1.165) is 0 Å². The third-order valence-electron chi connectivity index (χ3n) is 2.34. The molecule has 0 N–H and O–H groups in total. The summed E-state index contributed by atoms with van der Waals surface area (Å²) in [6, 6.07) is 1.44. The first-order valence-corrected chi connectivity index (χ1v) is 6.41. The normalized spacial score (nSPS) is 12.6. The molecule has 0 aliphatic rings. The summed E-state index contributed by atoms with van der Waals surface area (Å²) in [7, 11) is 0. The fourth-order valence-electron chi connectivity index (χ4n) is 1.54. The maximum absolute atomic E-state index is 13.6. The number of anilines is 1. The van der Waals surface area contributed by atoms with E-state index in [9.17, 15) is 30.7 Å². The third-order valence-corrected chi connectivity index (χ3v) is 2.69. The lowest BCUT2D eigenvalue weighted by Crippen LogP contribution is -2.36. The molecule has 0 amide bonds. The lowest BCUT2D eigenvalue weighted by Gasteiger charge is -2.26. The number of hydrogen-bond acceptors (Lipinski definition) is 1. The van der Waals surface area contributed by atoms with Crippen LogP contribution in [0, 0.1) is 5.82 Å². The van der Waals surface area contributed by atoms with Crippen molar-refractivity contribution in [1.82, 2.24) is 0 Å². The molecule has 0 aliphatic carbocycles. The van der Waals surface area contributed by atoms with Gasteiger partial charge in [-0.05, 0) is 18.2 Å². The molecule has 0 heterocycles. The molecular weight excluding hydrogens is 359 g/mol. The van der Waals surface area contributed by atoms with Crippen molar-refractivity contribution >= 4 is 21.6 Å². The minimum atomic E-state index is -4.75. The van der Waals surface area contributed by atoms with Crippen LogP contribution >= 0.6 is 15.9 Å². The Hall–Kier alpha value is -0.990. The highest BCUT2D eigenvalue weighted by Crippen LogP contribution is 2.33. The minimum Gasteiger partial charge on any atom is -0.359 e. The fraction of sp³-hybridized carbons (Fsp3) is 0.455. The molecule has 0 saturated carbocycles. The standard InChI is InChI=1S/C11H9BrF7N/c12-3-4-20(6-10(14,15)16)9-2-1-7(5-8(9)13)11(17,18)19/h1-2,5H,3-4,6H2. The van der Waals surface area contributed by atoms with E-state index < -0.39 is 36.0 Å². The van der Waals surface area contributed by atoms with Crippen molar-refractivity contribution in [2.45, 2.75) is 12.4 Å². The van der Waals surface area contributed by atoms with E-state index in [1.165, 1.54) is 0 Å². The molecule has 0 radical (unpaired) electrons. The van der Waals surface area contributed by atoms with Gasteiger partial charge < -0.3 is 4.90 Å². The average molecular weight is 368 g/mol. The highest BCUT2D eigenvalue weighted by atomic mass is 79.9. The Balaban J connectivity index is 3.09. The number of alkyl halides is 7. The van der Waals surface area contributed by atoms with E-state index in [1.54, 1.807) is 0 Å². The van der Waals surface area contributed by atoms with Crippen LogP contribution < -0.4 is 4.90 Å². The van der Waals surface area contributed by atoms with Crippen molar-refractivity contribution < 1.29 is 30.7 Å². The first kappa shape index (κ1) is 17.1. The molecule has 20 heavy (non-hydrogen) atoms. The lowest BCUT2D eigenvalue weighted by molar-refractivity contribution is -0.137. The molecule has 0 saturated heterocycles. The fourth-order valence-corrected chi connectivity index (χ4v) is 1.97. The Kier molecular flexibility index (Phi) is 5.28. The Labute approximate surface area is 118 Å². The van der Waals surface area contributed by atoms with Crippen molar-refractivity contribution in [3.8, 4) is 0 Å². The van der Waals surface area contributed by atoms with Crippen molar-refractivity contribution in [2.75, 3.05) is 23.3 Å². The quantitative estimate of drug-likeness (QED) is 0.554. The highest BCUT2D eigenvalue weighted by molar-refractivity contribution is 9.09. The number of halogens is 8. The highest BCUT2D eigenvalue weighted by Gasteiger charge is 2.34. The molecule has 114 valence electrons. The molecule has 0 bridgehead atoms. The second-order valence-corrected chi connectivity index (χ2v) is 4.68. The summed E-state index contributed by atoms with van der Waals surface area (Å²) in [5.41, 5.74) is -1.76. The first-order valence-electron chi connectivity index (χ1n) is 5.29. The van der Waals surface area contributed by atoms with Crippen LogP contribution in [0.3, 0.4) is 0 Å². The van der Waals surface area contributed by atoms with E-state index in [-0.39, 0.29) is 17.9 Å². The number of hydrogen-bond donors (Lipinski definition) is 0. The predicted octanol–water partition coefficient (Wildman–Crippen LogP) is 4.61. The van der Waals surface area contributed by atoms with Crippen molar-refractivity contribution in [1.29, 1.82) is 0 Å². The Morgan fingerprint density at radius 2 is 1.65 bits per heavy atom. The zero-order chi connectivity index (χ0) is 15.6. The van der Waals surface area contributed by atoms with Crippen LogP contribution in [0.15, 0.2) is 18.2 Å². The molecule has 0 aromatic heterocycles. The molecule has 9 heteroatoms. The van der Waals surface area contributed by atoms with Gasteiger partial charge in [-0.2, -0.15) is 26.3 Å². The molecule has 1 aromatic rings. The molecule has 1 aromatic carbocycles. The maximum Gasteiger partial charge on any atom is 0.416 e. The summed E-state index contributed by atoms with van der Waals surface area (Å²) in [6.45, 7) is -1.64. The van der Waals surface area contributed by atoms with Gasteiger partial charge in [0.25, 0.3) is 0 Å². The second kappa shape index (κ2) is 6.19. The molecule has 0 atom stereocenters. The van der Waals surface area contributed by atoms with Gasteiger partial charge in [-0.1, -0.05) is 15.9 Å². The molecular formula is C11H9BrF7N. The van der Waals surface area contributed by atoms with Gasteiger partial charge >= 0.3 is 12.4 Å². The number of rotatable bonds is 4. The van der Waals surface area contributed by atoms with Crippen LogP contribution in [0.4, 0.5) is 36.4 Å². The van der Waals surface area contributed by atoms with Crippen molar-refractivity contribution in [3.63, 3.8) is 0 Å². The van der Waals surface area contributed by atoms with Gasteiger partial charge in [0.1, 0.15) is 12.4 Å². The Morgan fingerprint density at radius 1 is 1.05 bits per heavy atom. The third kappa shape index (κ3) is 4.84. The summed E-state index contributed by atoms with van der Waals surface area (Å²) in [5.74, 6) is -1.34. The number of nitrogens with zero attached hydrogens (tertiary/aromatic N) is 1. The van der Waals surface area contributed by atoms with E-state index in [1.807, 2.05) is 0 Å². The van der Waals surface area contributed by atoms with E-state index in [0.29, 0.717) is 17.0 Å². The zero-order valence-corrected chi connectivity index (χ0v) is 11.4. The summed E-state index contributed by atoms with van der Waals surface area (Å²) in [6.07, 6.45) is -9.33. The second-order valence-electron chi connectivity index (χ2n) is 3.89.